The molecule has 3 aromatic rings. The molecule has 0 aliphatic carbocycles. The summed E-state index contributed by atoms with van der Waals surface area (Å²) in [4.78, 5) is 202. The molecule has 1 fully saturated rings. The number of hydrogen-bond acceptors (Lipinski definition) is 23. The predicted molar refractivity (Wildman–Crippen MR) is 442 cm³/mol. The van der Waals surface area contributed by atoms with E-state index in [9.17, 15) is 92.7 Å². The zero-order valence-electron chi connectivity index (χ0n) is 68.7. The lowest BCUT2D eigenvalue weighted by molar-refractivity contribution is -0.151. The van der Waals surface area contributed by atoms with Crippen LogP contribution in [0.2, 0.25) is 0 Å². The van der Waals surface area contributed by atoms with Crippen LogP contribution >= 0.6 is 32.9 Å². The average Bonchev–Trinajstić information content (AvgIpc) is 0.843. The maximum atomic E-state index is 15.1. The van der Waals surface area contributed by atoms with Crippen molar-refractivity contribution < 1.29 is 112 Å². The third kappa shape index (κ3) is 39.0. The molecule has 2 unspecified atom stereocenters. The second-order valence-electron chi connectivity index (χ2n) is 30.3. The molecule has 9 amide bonds. The number of ketones is 2. The first-order chi connectivity index (χ1) is 56.1. The molecule has 0 bridgehead atoms. The number of Topliss-reactive ketones (excluding diaryl/α,β-unsaturated/α-hetero) is 2. The van der Waals surface area contributed by atoms with Crippen LogP contribution in [0.1, 0.15) is 209 Å². The number of carboxylic acids is 5. The second-order valence-corrected chi connectivity index (χ2v) is 33.8. The van der Waals surface area contributed by atoms with Crippen LogP contribution in [0.4, 0.5) is 9.59 Å². The molecule has 11 atom stereocenters. The van der Waals surface area contributed by atoms with Gasteiger partial charge in [-0.05, 0) is 118 Å². The number of esters is 1. The maximum absolute atomic E-state index is 15.1. The number of hydrogen-bond donors (Lipinski definition) is 14. The molecule has 0 spiro atoms. The molecule has 0 saturated carbocycles. The molecule has 34 nitrogen and oxygen atoms in total. The fourth-order valence-corrected chi connectivity index (χ4v) is 16.1. The number of aliphatic carboxylic acids is 5. The first kappa shape index (κ1) is 101. The highest BCUT2D eigenvalue weighted by molar-refractivity contribution is 8.76. The number of carboxylic acid groups (broad SMARTS) is 5. The third-order valence-electron chi connectivity index (χ3n) is 20.3. The van der Waals surface area contributed by atoms with Gasteiger partial charge in [0.05, 0.1) is 42.3 Å². The number of aromatic nitrogens is 1. The predicted octanol–water partition coefficient (Wildman–Crippen LogP) is 7.67. The Morgan fingerprint density at radius 1 is 0.653 bits per heavy atom. The lowest BCUT2D eigenvalue weighted by atomic mass is 9.82. The Morgan fingerprint density at radius 2 is 1.32 bits per heavy atom. The SMILES string of the molecule is CCCCCCOCN(C(=O)[C@@H](CC(=O)C1CCCCN1C)C(C)CC)[C@H](C[C@@H](C)c1nc(C(=O)N[C@@H](Cc2ccc(O)cc2)C[C@H](C)C(=O)NCC(=O)OCCSSC[C@H](NC(=O)[C@H](CC(=O)O)CC(=O)[C@H](CC(=O)O)NC(=O)Cc2ccc(CNC(=O)NCCCC[C@H](NC(=O)NCCCC(=O)O)C(=O)O)cc2)C(=O)O)cs1)C(C)C. The highest BCUT2D eigenvalue weighted by atomic mass is 33.1. The molecular weight excluding hydrogens is 1590 g/mol. The van der Waals surface area contributed by atoms with Crippen molar-refractivity contribution in [2.24, 2.45) is 29.6 Å². The number of likely N-dealkylation sites (tertiary alicyclic amines) is 1. The summed E-state index contributed by atoms with van der Waals surface area (Å²) in [7, 11) is 3.98. The van der Waals surface area contributed by atoms with Gasteiger partial charge in [0.15, 0.2) is 11.6 Å². The molecule has 118 heavy (non-hydrogen) atoms. The molecule has 4 rings (SSSR count). The summed E-state index contributed by atoms with van der Waals surface area (Å²) in [5, 5.41) is 80.1. The molecule has 2 heterocycles. The van der Waals surface area contributed by atoms with E-state index in [4.69, 9.17) is 19.6 Å². The number of nitrogens with one attached hydrogen (secondary N) is 8. The van der Waals surface area contributed by atoms with E-state index in [1.807, 2.05) is 32.7 Å². The number of phenols is 1. The lowest BCUT2D eigenvalue weighted by Gasteiger charge is -2.39. The number of ether oxygens (including phenoxy) is 2. The van der Waals surface area contributed by atoms with E-state index in [0.717, 1.165) is 78.6 Å². The van der Waals surface area contributed by atoms with Crippen LogP contribution in [0.5, 0.6) is 5.75 Å². The second kappa shape index (κ2) is 54.6. The van der Waals surface area contributed by atoms with Gasteiger partial charge in [0.1, 0.15) is 43.4 Å². The molecule has 656 valence electrons. The van der Waals surface area contributed by atoms with Gasteiger partial charge >= 0.3 is 47.9 Å². The number of carbonyl (C=O) groups excluding carboxylic acids is 10. The number of piperidine rings is 1. The summed E-state index contributed by atoms with van der Waals surface area (Å²) in [6.45, 7) is 14.9. The van der Waals surface area contributed by atoms with Gasteiger partial charge in [0.25, 0.3) is 5.91 Å². The number of aromatic hydroxyl groups is 1. The van der Waals surface area contributed by atoms with Gasteiger partial charge in [-0.1, -0.05) is 139 Å². The van der Waals surface area contributed by atoms with Crippen molar-refractivity contribution in [3.8, 4) is 5.75 Å². The van der Waals surface area contributed by atoms with Crippen LogP contribution in [-0.4, -0.2) is 235 Å². The Bertz CT molecular complexity index is 3760. The monoisotopic (exact) mass is 1710 g/mol. The van der Waals surface area contributed by atoms with Crippen molar-refractivity contribution in [1.82, 2.24) is 57.3 Å². The molecule has 2 aromatic carbocycles. The van der Waals surface area contributed by atoms with Crippen molar-refractivity contribution in [2.45, 2.75) is 232 Å². The molecule has 1 saturated heterocycles. The number of phenolic OH excluding ortho intramolecular Hbond substituents is 1. The van der Waals surface area contributed by atoms with Crippen molar-refractivity contribution in [3.05, 3.63) is 81.3 Å². The summed E-state index contributed by atoms with van der Waals surface area (Å²) in [6.07, 6.45) is 6.03. The Hall–Kier alpha value is -9.46. The Morgan fingerprint density at radius 3 is 1.97 bits per heavy atom. The fraction of sp³-hybridized carbons (Fsp3) is 0.630. The van der Waals surface area contributed by atoms with Crippen molar-refractivity contribution in [2.75, 3.05) is 64.7 Å². The van der Waals surface area contributed by atoms with Crippen molar-refractivity contribution in [1.29, 1.82) is 0 Å². The van der Waals surface area contributed by atoms with Crippen LogP contribution in [0.15, 0.2) is 53.9 Å². The van der Waals surface area contributed by atoms with Gasteiger partial charge in [-0.3, -0.25) is 57.6 Å². The molecule has 1 aromatic heterocycles. The summed E-state index contributed by atoms with van der Waals surface area (Å²) < 4.78 is 11.6. The molecular formula is C81H121N11O23S3. The number of urea groups is 2. The van der Waals surface area contributed by atoms with Gasteiger partial charge in [0.2, 0.25) is 23.6 Å². The highest BCUT2D eigenvalue weighted by Crippen LogP contribution is 2.33. The van der Waals surface area contributed by atoms with E-state index in [1.54, 1.807) is 36.6 Å². The molecule has 37 heteroatoms. The minimum Gasteiger partial charge on any atom is -0.508 e. The Balaban J connectivity index is 1.26. The minimum atomic E-state index is -1.74. The third-order valence-corrected chi connectivity index (χ3v) is 23.7. The number of amides is 9. The largest absolute Gasteiger partial charge is 0.508 e. The number of nitrogens with zero attached hydrogens (tertiary/aromatic N) is 3. The minimum absolute atomic E-state index is 0.0168. The van der Waals surface area contributed by atoms with E-state index in [0.29, 0.717) is 48.4 Å². The van der Waals surface area contributed by atoms with Gasteiger partial charge < -0.3 is 87.5 Å². The summed E-state index contributed by atoms with van der Waals surface area (Å²) in [5.41, 5.74) is 1.90. The molecule has 0 radical (unpaired) electrons. The van der Waals surface area contributed by atoms with Gasteiger partial charge in [-0.2, -0.15) is 0 Å². The normalized spacial score (nSPS) is 15.3. The fourth-order valence-electron chi connectivity index (χ4n) is 13.2. The Labute approximate surface area is 700 Å². The van der Waals surface area contributed by atoms with E-state index in [-0.39, 0.29) is 142 Å². The summed E-state index contributed by atoms with van der Waals surface area (Å²) >= 11 is 1.32. The van der Waals surface area contributed by atoms with E-state index in [1.165, 1.54) is 35.6 Å². The zero-order chi connectivity index (χ0) is 87.4. The van der Waals surface area contributed by atoms with Gasteiger partial charge in [0, 0.05) is 92.2 Å². The first-order valence-electron chi connectivity index (χ1n) is 40.3. The van der Waals surface area contributed by atoms with Crippen molar-refractivity contribution >= 4 is 122 Å². The lowest BCUT2D eigenvalue weighted by Crippen LogP contribution is -2.50. The smallest absolute Gasteiger partial charge is 0.327 e. The topological polar surface area (TPSA) is 511 Å². The molecule has 1 aliphatic rings. The van der Waals surface area contributed by atoms with E-state index < -0.39 is 145 Å². The number of benzene rings is 2. The zero-order valence-corrected chi connectivity index (χ0v) is 71.2. The van der Waals surface area contributed by atoms with Crippen LogP contribution in [0, 0.1) is 29.6 Å². The standard InChI is InChI=1S/C81H121N11O23S3/c1-9-11-12-17-33-114-48-92(77(107)59(50(5)10-2)42-67(95)64-20-14-16-32-91(64)8)65(49(3)4)37-52(7)76-89-62(46-116-76)75(106)86-57(38-53-26-28-58(93)29-27-53)36-51(6)73(104)84-45-72(103)115-34-35-117-118-47-63(79(110)111)88-74(105)56(41-70(99)100)40-66(94)61(43-71(101)102)87-68(96)39-54-22-24-55(25-23-54)44-85-80(112)82-30-15-13-19-60(78(108)109)90-81(113)83-31-18-21-69(97)98/h22-29,46,49-52,56-57,59-61,63-65,93H,9-21,30-45,47-48H2,1-8H3,(H,84,104)(H,86,106)(H,87,96)(H,88,105)(H,97,98)(H,99,100)(H,101,102)(H,108,109)(H,110,111)(H2,82,85,112)(H2,83,90,113)/t50?,51-,52+,56-,57+,59-,60-,61-,63-,64?,65+/m0/s1. The van der Waals surface area contributed by atoms with E-state index >= 15 is 4.79 Å². The van der Waals surface area contributed by atoms with Gasteiger partial charge in [-0.25, -0.2) is 24.2 Å². The summed E-state index contributed by atoms with van der Waals surface area (Å²) in [6, 6.07) is 5.58. The number of carbonyl (C=O) groups is 15. The first-order valence-corrected chi connectivity index (χ1v) is 43.7. The van der Waals surface area contributed by atoms with Crippen LogP contribution in [0.3, 0.4) is 0 Å². The maximum Gasteiger partial charge on any atom is 0.327 e. The summed E-state index contributed by atoms with van der Waals surface area (Å²) in [5.74, 6) is -15.2. The number of unbranched alkanes of at least 4 members (excludes halogenated alkanes) is 4. The highest BCUT2D eigenvalue weighted by Gasteiger charge is 2.40. The van der Waals surface area contributed by atoms with Crippen LogP contribution < -0.4 is 42.5 Å². The number of rotatable bonds is 59. The number of thiazole rings is 1. The van der Waals surface area contributed by atoms with E-state index in [2.05, 4.69) is 68.2 Å². The van der Waals surface area contributed by atoms with Crippen LogP contribution in [-0.2, 0) is 86.4 Å². The average molecular weight is 1710 g/mol. The van der Waals surface area contributed by atoms with Crippen molar-refractivity contribution in [3.63, 3.8) is 0 Å². The van der Waals surface area contributed by atoms with Gasteiger partial charge in [-0.15, -0.1) is 11.3 Å². The van der Waals surface area contributed by atoms with Crippen LogP contribution in [0.25, 0.3) is 0 Å². The molecule has 1 aliphatic heterocycles. The quantitative estimate of drug-likeness (QED) is 0.0111. The number of likely N-dealkylation sites (N-methyl/N-ethyl adjacent to an activating group) is 1. The Kier molecular flexibility index (Phi) is 46.7. The molecule has 14 N–H and O–H groups in total.